The summed E-state index contributed by atoms with van der Waals surface area (Å²) in [7, 11) is 3.18. The second-order valence-electron chi connectivity index (χ2n) is 7.01. The zero-order chi connectivity index (χ0) is 21.8. The Hall–Kier alpha value is -2.47. The van der Waals surface area contributed by atoms with E-state index >= 15 is 0 Å². The number of hydrogen-bond donors (Lipinski definition) is 1. The molecule has 0 fully saturated rings. The number of amides is 1. The third kappa shape index (κ3) is 4.81. The molecule has 1 atom stereocenters. The highest BCUT2D eigenvalue weighted by molar-refractivity contribution is 6.36. The second-order valence-corrected chi connectivity index (χ2v) is 7.86. The third-order valence-electron chi connectivity index (χ3n) is 4.69. The monoisotopic (exact) mass is 447 g/mol. The van der Waals surface area contributed by atoms with Crippen molar-refractivity contribution in [1.29, 1.82) is 0 Å². The molecule has 1 N–H and O–H groups in total. The summed E-state index contributed by atoms with van der Waals surface area (Å²) >= 11 is 12.4. The van der Waals surface area contributed by atoms with E-state index < -0.39 is 0 Å². The van der Waals surface area contributed by atoms with Crippen molar-refractivity contribution in [1.82, 2.24) is 5.32 Å². The Morgan fingerprint density at radius 2 is 1.97 bits per heavy atom. The number of ether oxygens (including phenoxy) is 2. The van der Waals surface area contributed by atoms with Crippen LogP contribution < -0.4 is 10.1 Å². The van der Waals surface area contributed by atoms with Crippen LogP contribution in [-0.4, -0.2) is 32.8 Å². The quantitative estimate of drug-likeness (QED) is 0.453. The van der Waals surface area contributed by atoms with Crippen molar-refractivity contribution < 1.29 is 18.7 Å². The first-order valence-electron chi connectivity index (χ1n) is 9.36. The first-order valence-corrected chi connectivity index (χ1v) is 10.1. The van der Waals surface area contributed by atoms with Gasteiger partial charge in [0.2, 0.25) is 5.91 Å². The van der Waals surface area contributed by atoms with E-state index in [4.69, 9.17) is 37.1 Å². The molecule has 0 radical (unpaired) electrons. The highest BCUT2D eigenvalue weighted by Gasteiger charge is 2.17. The molecule has 5 nitrogen and oxygen atoms in total. The average molecular weight is 448 g/mol. The molecule has 0 aliphatic heterocycles. The van der Waals surface area contributed by atoms with Gasteiger partial charge >= 0.3 is 0 Å². The van der Waals surface area contributed by atoms with Crippen molar-refractivity contribution in [3.05, 3.63) is 58.3 Å². The van der Waals surface area contributed by atoms with E-state index in [0.29, 0.717) is 28.0 Å². The Morgan fingerprint density at radius 1 is 1.20 bits per heavy atom. The Labute approximate surface area is 185 Å². The molecule has 1 aromatic heterocycles. The first kappa shape index (κ1) is 22.2. The maximum absolute atomic E-state index is 12.4. The van der Waals surface area contributed by atoms with Gasteiger partial charge in [-0.05, 0) is 37.6 Å². The predicted molar refractivity (Wildman–Crippen MR) is 121 cm³/mol. The smallest absolute Gasteiger partial charge is 0.244 e. The van der Waals surface area contributed by atoms with Crippen LogP contribution in [0.1, 0.15) is 19.4 Å². The van der Waals surface area contributed by atoms with Crippen LogP contribution in [-0.2, 0) is 9.53 Å². The summed E-state index contributed by atoms with van der Waals surface area (Å²) in [6.07, 6.45) is 3.20. The minimum Gasteiger partial charge on any atom is -0.496 e. The van der Waals surface area contributed by atoms with Crippen LogP contribution in [0.25, 0.3) is 27.7 Å². The summed E-state index contributed by atoms with van der Waals surface area (Å²) < 4.78 is 16.3. The molecule has 0 aliphatic rings. The predicted octanol–water partition coefficient (Wildman–Crippen LogP) is 5.97. The third-order valence-corrected chi connectivity index (χ3v) is 5.24. The number of rotatable bonds is 7. The Kier molecular flexibility index (Phi) is 7.08. The fourth-order valence-electron chi connectivity index (χ4n) is 3.30. The summed E-state index contributed by atoms with van der Waals surface area (Å²) in [6, 6.07) is 8.98. The fourth-order valence-corrected chi connectivity index (χ4v) is 3.81. The van der Waals surface area contributed by atoms with Crippen molar-refractivity contribution in [3.63, 3.8) is 0 Å². The normalized spacial score (nSPS) is 12.8. The molecule has 158 valence electrons. The number of hydrogen-bond acceptors (Lipinski definition) is 4. The summed E-state index contributed by atoms with van der Waals surface area (Å²) in [5.74, 6) is 0.407. The molecule has 7 heteroatoms. The average Bonchev–Trinajstić information content (AvgIpc) is 3.09. The zero-order valence-corrected chi connectivity index (χ0v) is 18.7. The van der Waals surface area contributed by atoms with Crippen LogP contribution in [0.4, 0.5) is 0 Å². The molecule has 1 amide bonds. The molecule has 3 rings (SSSR count). The molecule has 2 aromatic carbocycles. The number of allylic oxidation sites excluding steroid dienone is 1. The number of carbonyl (C=O) groups is 1. The van der Waals surface area contributed by atoms with Gasteiger partial charge in [-0.2, -0.15) is 0 Å². The number of carbonyl (C=O) groups excluding carboxylic acids is 1. The Bertz CT molecular complexity index is 1100. The molecule has 0 spiro atoms. The lowest BCUT2D eigenvalue weighted by atomic mass is 9.99. The summed E-state index contributed by atoms with van der Waals surface area (Å²) in [5, 5.41) is 4.82. The summed E-state index contributed by atoms with van der Waals surface area (Å²) in [5.41, 5.74) is 3.84. The van der Waals surface area contributed by atoms with E-state index in [9.17, 15) is 4.79 Å². The van der Waals surface area contributed by atoms with Gasteiger partial charge < -0.3 is 19.2 Å². The lowest BCUT2D eigenvalue weighted by Crippen LogP contribution is -2.34. The van der Waals surface area contributed by atoms with Crippen molar-refractivity contribution in [2.45, 2.75) is 19.9 Å². The van der Waals surface area contributed by atoms with Crippen LogP contribution in [0.2, 0.25) is 10.0 Å². The minimum atomic E-state index is -0.202. The van der Waals surface area contributed by atoms with Crippen molar-refractivity contribution in [2.75, 3.05) is 20.8 Å². The van der Waals surface area contributed by atoms with E-state index in [1.807, 2.05) is 26.0 Å². The van der Waals surface area contributed by atoms with Crippen LogP contribution in [0.5, 0.6) is 5.75 Å². The van der Waals surface area contributed by atoms with Gasteiger partial charge in [0.1, 0.15) is 11.3 Å². The lowest BCUT2D eigenvalue weighted by Gasteiger charge is -2.13. The SMILES string of the molecule is COCC(C)NC(=O)/C=C(\C)c1cc2c(-c3ccc(Cl)cc3Cl)coc2cc1OC. The Balaban J connectivity index is 2.04. The maximum Gasteiger partial charge on any atom is 0.244 e. The highest BCUT2D eigenvalue weighted by atomic mass is 35.5. The number of fused-ring (bicyclic) bond motifs is 1. The van der Waals surface area contributed by atoms with Crippen LogP contribution in [0.15, 0.2) is 47.1 Å². The largest absolute Gasteiger partial charge is 0.496 e. The van der Waals surface area contributed by atoms with Gasteiger partial charge in [-0.15, -0.1) is 0 Å². The van der Waals surface area contributed by atoms with Gasteiger partial charge in [-0.3, -0.25) is 4.79 Å². The molecular formula is C23H23Cl2NO4. The van der Waals surface area contributed by atoms with Crippen LogP contribution >= 0.6 is 23.2 Å². The van der Waals surface area contributed by atoms with Crippen molar-refractivity contribution in [3.8, 4) is 16.9 Å². The molecule has 1 unspecified atom stereocenters. The minimum absolute atomic E-state index is 0.0940. The molecular weight excluding hydrogens is 425 g/mol. The number of nitrogens with one attached hydrogen (secondary N) is 1. The molecule has 0 aliphatic carbocycles. The number of halogens is 2. The van der Waals surface area contributed by atoms with E-state index in [1.54, 1.807) is 44.8 Å². The van der Waals surface area contributed by atoms with Gasteiger partial charge in [-0.25, -0.2) is 0 Å². The molecule has 0 bridgehead atoms. The summed E-state index contributed by atoms with van der Waals surface area (Å²) in [4.78, 5) is 12.4. The van der Waals surface area contributed by atoms with Gasteiger partial charge in [-0.1, -0.05) is 29.3 Å². The maximum atomic E-state index is 12.4. The van der Waals surface area contributed by atoms with Crippen LogP contribution in [0.3, 0.4) is 0 Å². The van der Waals surface area contributed by atoms with E-state index in [2.05, 4.69) is 5.32 Å². The second kappa shape index (κ2) is 9.56. The number of methoxy groups -OCH3 is 2. The van der Waals surface area contributed by atoms with E-state index in [0.717, 1.165) is 27.6 Å². The molecule has 1 heterocycles. The van der Waals surface area contributed by atoms with E-state index in [1.165, 1.54) is 0 Å². The standard InChI is InChI=1S/C23H23Cl2NO4/c1-13(7-23(27)26-14(2)11-28-3)17-9-18-19(12-30-22(18)10-21(17)29-4)16-6-5-15(24)8-20(16)25/h5-10,12,14H,11H2,1-4H3,(H,26,27)/b13-7+. The van der Waals surface area contributed by atoms with Crippen LogP contribution in [0, 0.1) is 0 Å². The fraction of sp³-hybridized carbons (Fsp3) is 0.261. The summed E-state index contributed by atoms with van der Waals surface area (Å²) in [6.45, 7) is 4.18. The first-order chi connectivity index (χ1) is 14.3. The highest BCUT2D eigenvalue weighted by Crippen LogP contribution is 2.40. The topological polar surface area (TPSA) is 60.7 Å². The van der Waals surface area contributed by atoms with Gasteiger partial charge in [0, 0.05) is 52.4 Å². The Morgan fingerprint density at radius 3 is 2.63 bits per heavy atom. The van der Waals surface area contributed by atoms with Gasteiger partial charge in [0.15, 0.2) is 0 Å². The molecule has 0 saturated carbocycles. The molecule has 30 heavy (non-hydrogen) atoms. The van der Waals surface area contributed by atoms with Gasteiger partial charge in [0.25, 0.3) is 0 Å². The van der Waals surface area contributed by atoms with Crippen molar-refractivity contribution >= 4 is 45.7 Å². The molecule has 0 saturated heterocycles. The molecule has 3 aromatic rings. The number of furan rings is 1. The zero-order valence-electron chi connectivity index (χ0n) is 17.2. The lowest BCUT2D eigenvalue weighted by molar-refractivity contribution is -0.117. The number of benzene rings is 2. The van der Waals surface area contributed by atoms with E-state index in [-0.39, 0.29) is 11.9 Å². The van der Waals surface area contributed by atoms with Crippen molar-refractivity contribution in [2.24, 2.45) is 0 Å². The van der Waals surface area contributed by atoms with Gasteiger partial charge in [0.05, 0.1) is 25.0 Å².